The minimum atomic E-state index is -3.50. The predicted molar refractivity (Wildman–Crippen MR) is 118 cm³/mol. The van der Waals surface area contributed by atoms with Crippen LogP contribution in [0, 0.1) is 0 Å². The fraction of sp³-hybridized carbons (Fsp3) is 0.350. The van der Waals surface area contributed by atoms with Crippen LogP contribution >= 0.6 is 11.6 Å². The average molecular weight is 436 g/mol. The van der Waals surface area contributed by atoms with Gasteiger partial charge in [0.2, 0.25) is 10.0 Å². The van der Waals surface area contributed by atoms with E-state index in [1.54, 1.807) is 37.4 Å². The summed E-state index contributed by atoms with van der Waals surface area (Å²) in [5.74, 6) is 0.654. The number of guanidine groups is 1. The van der Waals surface area contributed by atoms with Gasteiger partial charge in [-0.15, -0.1) is 0 Å². The van der Waals surface area contributed by atoms with Crippen molar-refractivity contribution in [3.05, 3.63) is 59.6 Å². The molecule has 0 aromatic heterocycles. The Morgan fingerprint density at radius 1 is 1.17 bits per heavy atom. The summed E-state index contributed by atoms with van der Waals surface area (Å²) in [5.41, 5.74) is 1.11. The molecule has 9 heteroatoms. The third-order valence-corrected chi connectivity index (χ3v) is 6.40. The van der Waals surface area contributed by atoms with Gasteiger partial charge in [0, 0.05) is 50.0 Å². The predicted octanol–water partition coefficient (Wildman–Crippen LogP) is 2.06. The van der Waals surface area contributed by atoms with E-state index in [1.165, 1.54) is 0 Å². The molecule has 1 aliphatic rings. The number of sulfonamides is 1. The Morgan fingerprint density at radius 3 is 2.69 bits per heavy atom. The van der Waals surface area contributed by atoms with E-state index in [-0.39, 0.29) is 17.5 Å². The molecule has 1 heterocycles. The number of aliphatic imine (C=N–C) groups is 1. The molecule has 2 aromatic carbocycles. The van der Waals surface area contributed by atoms with Crippen LogP contribution in [0.3, 0.4) is 0 Å². The van der Waals surface area contributed by atoms with Crippen molar-refractivity contribution in [3.63, 3.8) is 0 Å². The van der Waals surface area contributed by atoms with Crippen molar-refractivity contribution in [1.82, 2.24) is 15.4 Å². The first kappa shape index (κ1) is 21.4. The second kappa shape index (κ2) is 9.96. The summed E-state index contributed by atoms with van der Waals surface area (Å²) in [6, 6.07) is 16.4. The van der Waals surface area contributed by atoms with Crippen LogP contribution in [0.2, 0.25) is 5.02 Å². The van der Waals surface area contributed by atoms with Gasteiger partial charge in [0.1, 0.15) is 0 Å². The Bertz CT molecular complexity index is 937. The van der Waals surface area contributed by atoms with Crippen LogP contribution in [-0.4, -0.2) is 53.6 Å². The Balaban J connectivity index is 1.43. The summed E-state index contributed by atoms with van der Waals surface area (Å²) in [5, 5.41) is 7.28. The van der Waals surface area contributed by atoms with Crippen LogP contribution in [0.1, 0.15) is 6.42 Å². The fourth-order valence-electron chi connectivity index (χ4n) is 3.22. The molecule has 1 aliphatic heterocycles. The van der Waals surface area contributed by atoms with Crippen molar-refractivity contribution >= 4 is 33.3 Å². The van der Waals surface area contributed by atoms with Gasteiger partial charge in [-0.2, -0.15) is 0 Å². The zero-order chi connectivity index (χ0) is 20.7. The van der Waals surface area contributed by atoms with Crippen molar-refractivity contribution in [2.45, 2.75) is 17.4 Å². The van der Waals surface area contributed by atoms with E-state index >= 15 is 0 Å². The number of hydrogen-bond donors (Lipinski definition) is 3. The van der Waals surface area contributed by atoms with Crippen LogP contribution in [0.5, 0.6) is 0 Å². The minimum Gasteiger partial charge on any atom is -0.369 e. The topological polar surface area (TPSA) is 85.8 Å². The Kier molecular flexibility index (Phi) is 7.35. The van der Waals surface area contributed by atoms with Crippen molar-refractivity contribution in [1.29, 1.82) is 0 Å². The van der Waals surface area contributed by atoms with Gasteiger partial charge in [-0.25, -0.2) is 13.1 Å². The average Bonchev–Trinajstić information content (AvgIpc) is 3.19. The summed E-state index contributed by atoms with van der Waals surface area (Å²) >= 11 is 6.09. The molecule has 0 bridgehead atoms. The summed E-state index contributed by atoms with van der Waals surface area (Å²) in [4.78, 5) is 6.77. The molecule has 0 aliphatic carbocycles. The van der Waals surface area contributed by atoms with Crippen LogP contribution in [0.15, 0.2) is 64.5 Å². The lowest BCUT2D eigenvalue weighted by Crippen LogP contribution is -2.46. The van der Waals surface area contributed by atoms with E-state index in [9.17, 15) is 8.42 Å². The van der Waals surface area contributed by atoms with Gasteiger partial charge in [-0.3, -0.25) is 4.99 Å². The first-order chi connectivity index (χ1) is 14.0. The van der Waals surface area contributed by atoms with Crippen molar-refractivity contribution in [2.24, 2.45) is 4.99 Å². The van der Waals surface area contributed by atoms with Crippen LogP contribution in [-0.2, 0) is 10.0 Å². The fourth-order valence-corrected chi connectivity index (χ4v) is 4.46. The maximum absolute atomic E-state index is 12.2. The molecule has 3 rings (SSSR count). The molecule has 1 fully saturated rings. The second-order valence-electron chi connectivity index (χ2n) is 6.77. The molecule has 1 saturated heterocycles. The molecule has 3 N–H and O–H groups in total. The lowest BCUT2D eigenvalue weighted by atomic mass is 10.3. The minimum absolute atomic E-state index is 0.251. The van der Waals surface area contributed by atoms with Gasteiger partial charge in [0.05, 0.1) is 4.90 Å². The lowest BCUT2D eigenvalue weighted by molar-refractivity contribution is 0.579. The zero-order valence-corrected chi connectivity index (χ0v) is 17.9. The highest BCUT2D eigenvalue weighted by molar-refractivity contribution is 7.89. The van der Waals surface area contributed by atoms with Crippen molar-refractivity contribution < 1.29 is 8.42 Å². The third-order valence-electron chi connectivity index (χ3n) is 4.69. The van der Waals surface area contributed by atoms with E-state index in [0.717, 1.165) is 30.2 Å². The molecular formula is C20H26ClN5O2S. The normalized spacial score (nSPS) is 17.4. The van der Waals surface area contributed by atoms with Gasteiger partial charge in [-0.05, 0) is 36.8 Å². The van der Waals surface area contributed by atoms with Crippen molar-refractivity contribution in [3.8, 4) is 0 Å². The lowest BCUT2D eigenvalue weighted by Gasteiger charge is -2.20. The first-order valence-electron chi connectivity index (χ1n) is 9.50. The SMILES string of the molecule is CN=C(NCCNS(=O)(=O)c1ccccc1)NC1CCN(c2cccc(Cl)c2)C1. The number of nitrogens with one attached hydrogen (secondary N) is 3. The number of nitrogens with zero attached hydrogens (tertiary/aromatic N) is 2. The maximum Gasteiger partial charge on any atom is 0.240 e. The number of anilines is 1. The number of benzene rings is 2. The number of rotatable bonds is 7. The van der Waals surface area contributed by atoms with Gasteiger partial charge in [0.15, 0.2) is 5.96 Å². The Morgan fingerprint density at radius 2 is 1.97 bits per heavy atom. The van der Waals surface area contributed by atoms with Gasteiger partial charge < -0.3 is 15.5 Å². The molecule has 0 radical (unpaired) electrons. The molecule has 1 atom stereocenters. The van der Waals surface area contributed by atoms with Gasteiger partial charge >= 0.3 is 0 Å². The Hall–Kier alpha value is -2.29. The van der Waals surface area contributed by atoms with E-state index in [0.29, 0.717) is 12.5 Å². The first-order valence-corrected chi connectivity index (χ1v) is 11.4. The highest BCUT2D eigenvalue weighted by Crippen LogP contribution is 2.23. The van der Waals surface area contributed by atoms with E-state index in [2.05, 4.69) is 31.3 Å². The quantitative estimate of drug-likeness (QED) is 0.352. The molecule has 156 valence electrons. The van der Waals surface area contributed by atoms with E-state index in [4.69, 9.17) is 11.6 Å². The Labute approximate surface area is 177 Å². The van der Waals surface area contributed by atoms with Crippen LogP contribution < -0.4 is 20.3 Å². The summed E-state index contributed by atoms with van der Waals surface area (Å²) in [7, 11) is -1.79. The van der Waals surface area contributed by atoms with E-state index in [1.807, 2.05) is 18.2 Å². The molecule has 29 heavy (non-hydrogen) atoms. The molecule has 0 amide bonds. The molecule has 2 aromatic rings. The molecule has 1 unspecified atom stereocenters. The molecule has 0 spiro atoms. The zero-order valence-electron chi connectivity index (χ0n) is 16.3. The molecule has 0 saturated carbocycles. The standard InChI is InChI=1S/C20H26ClN5O2S/c1-22-20(23-11-12-24-29(27,28)19-8-3-2-4-9-19)25-17-10-13-26(15-17)18-7-5-6-16(21)14-18/h2-9,14,17,24H,10-13,15H2,1H3,(H2,22,23,25). The summed E-state index contributed by atoms with van der Waals surface area (Å²) in [6.45, 7) is 2.47. The highest BCUT2D eigenvalue weighted by Gasteiger charge is 2.23. The van der Waals surface area contributed by atoms with Gasteiger partial charge in [-0.1, -0.05) is 35.9 Å². The summed E-state index contributed by atoms with van der Waals surface area (Å²) < 4.78 is 27.0. The maximum atomic E-state index is 12.2. The number of halogens is 1. The van der Waals surface area contributed by atoms with Crippen LogP contribution in [0.4, 0.5) is 5.69 Å². The van der Waals surface area contributed by atoms with Gasteiger partial charge in [0.25, 0.3) is 0 Å². The van der Waals surface area contributed by atoms with Crippen LogP contribution in [0.25, 0.3) is 0 Å². The molecular weight excluding hydrogens is 410 g/mol. The number of hydrogen-bond acceptors (Lipinski definition) is 4. The summed E-state index contributed by atoms with van der Waals surface area (Å²) in [6.07, 6.45) is 0.980. The largest absolute Gasteiger partial charge is 0.369 e. The monoisotopic (exact) mass is 435 g/mol. The smallest absolute Gasteiger partial charge is 0.240 e. The third kappa shape index (κ3) is 6.09. The van der Waals surface area contributed by atoms with Crippen molar-refractivity contribution in [2.75, 3.05) is 38.1 Å². The second-order valence-corrected chi connectivity index (χ2v) is 8.97. The van der Waals surface area contributed by atoms with E-state index < -0.39 is 10.0 Å². The highest BCUT2D eigenvalue weighted by atomic mass is 35.5. The molecule has 7 nitrogen and oxygen atoms in total.